The van der Waals surface area contributed by atoms with Gasteiger partial charge in [-0.15, -0.1) is 0 Å². The molecule has 3 aromatic carbocycles. The minimum absolute atomic E-state index is 0.0143. The Kier molecular flexibility index (Phi) is 6.70. The van der Waals surface area contributed by atoms with Crippen LogP contribution in [0.2, 0.25) is 0 Å². The Labute approximate surface area is 214 Å². The fourth-order valence-electron chi connectivity index (χ4n) is 5.26. The van der Waals surface area contributed by atoms with E-state index in [1.165, 1.54) is 35.4 Å². The van der Waals surface area contributed by atoms with Crippen molar-refractivity contribution in [2.24, 2.45) is 5.11 Å². The lowest BCUT2D eigenvalue weighted by Crippen LogP contribution is -2.49. The minimum atomic E-state index is -0.494. The first kappa shape index (κ1) is 24.2. The summed E-state index contributed by atoms with van der Waals surface area (Å²) in [5, 5.41) is 3.68. The number of piperazine rings is 1. The number of amides is 1. The van der Waals surface area contributed by atoms with Crippen LogP contribution in [-0.2, 0) is 9.47 Å². The van der Waals surface area contributed by atoms with Crippen LogP contribution in [0.5, 0.6) is 0 Å². The van der Waals surface area contributed by atoms with Crippen molar-refractivity contribution in [3.8, 4) is 11.1 Å². The second-order valence-electron chi connectivity index (χ2n) is 9.10. The summed E-state index contributed by atoms with van der Waals surface area (Å²) in [6, 6.07) is 19.8. The van der Waals surface area contributed by atoms with E-state index in [1.54, 1.807) is 11.0 Å². The van der Waals surface area contributed by atoms with Crippen LogP contribution >= 0.6 is 0 Å². The molecule has 1 aliphatic carbocycles. The van der Waals surface area contributed by atoms with Crippen LogP contribution in [0.1, 0.15) is 33.0 Å². The lowest BCUT2D eigenvalue weighted by atomic mass is 9.98. The number of esters is 1. The normalized spacial score (nSPS) is 14.4. The Morgan fingerprint density at radius 3 is 2.22 bits per heavy atom. The number of anilines is 1. The van der Waals surface area contributed by atoms with Crippen LogP contribution in [0.4, 0.5) is 16.2 Å². The van der Waals surface area contributed by atoms with E-state index in [1.807, 2.05) is 31.2 Å². The number of methoxy groups -OCH3 is 1. The smallest absolute Gasteiger partial charge is 0.409 e. The van der Waals surface area contributed by atoms with Crippen LogP contribution in [0, 0.1) is 6.92 Å². The summed E-state index contributed by atoms with van der Waals surface area (Å²) in [5.41, 5.74) is 15.8. The maximum Gasteiger partial charge on any atom is 0.409 e. The SMILES string of the molecule is COC(=O)c1cc(N=[N+]=[N-])cc(N2CCN(C(=O)OCC3c4ccccc4-c4ccccc43)CC2)c1C. The molecule has 0 unspecified atom stereocenters. The number of hydrogen-bond donors (Lipinski definition) is 0. The van der Waals surface area contributed by atoms with Gasteiger partial charge in [-0.3, -0.25) is 0 Å². The molecule has 37 heavy (non-hydrogen) atoms. The molecular formula is C28H27N5O4. The summed E-state index contributed by atoms with van der Waals surface area (Å²) in [6.07, 6.45) is -0.337. The van der Waals surface area contributed by atoms with Gasteiger partial charge < -0.3 is 19.3 Å². The third-order valence-corrected chi connectivity index (χ3v) is 7.15. The third kappa shape index (κ3) is 4.57. The molecule has 9 nitrogen and oxygen atoms in total. The van der Waals surface area contributed by atoms with Gasteiger partial charge in [-0.2, -0.15) is 0 Å². The van der Waals surface area contributed by atoms with Gasteiger partial charge in [0.2, 0.25) is 0 Å². The van der Waals surface area contributed by atoms with Gasteiger partial charge in [0.25, 0.3) is 0 Å². The molecule has 188 valence electrons. The maximum absolute atomic E-state index is 13.0. The number of carbonyl (C=O) groups is 2. The summed E-state index contributed by atoms with van der Waals surface area (Å²) in [6.45, 7) is 4.14. The number of azide groups is 1. The number of fused-ring (bicyclic) bond motifs is 3. The van der Waals surface area contributed by atoms with Gasteiger partial charge in [-0.25, -0.2) is 9.59 Å². The Morgan fingerprint density at radius 2 is 1.62 bits per heavy atom. The number of rotatable bonds is 5. The van der Waals surface area contributed by atoms with Gasteiger partial charge in [0.15, 0.2) is 0 Å². The minimum Gasteiger partial charge on any atom is -0.465 e. The van der Waals surface area contributed by atoms with E-state index in [4.69, 9.17) is 15.0 Å². The van der Waals surface area contributed by atoms with E-state index < -0.39 is 5.97 Å². The molecule has 1 heterocycles. The average Bonchev–Trinajstić information content (AvgIpc) is 3.26. The molecule has 1 fully saturated rings. The van der Waals surface area contributed by atoms with Gasteiger partial charge in [-0.05, 0) is 52.4 Å². The Balaban J connectivity index is 1.26. The number of ether oxygens (including phenoxy) is 2. The highest BCUT2D eigenvalue weighted by Crippen LogP contribution is 2.44. The van der Waals surface area contributed by atoms with Gasteiger partial charge >= 0.3 is 12.1 Å². The van der Waals surface area contributed by atoms with Crippen LogP contribution < -0.4 is 4.90 Å². The van der Waals surface area contributed by atoms with Crippen molar-refractivity contribution in [2.45, 2.75) is 12.8 Å². The standard InChI is InChI=1S/C28H27N5O4/c1-18-24(27(34)36-2)15-19(30-31-29)16-26(18)32-11-13-33(14-12-32)28(35)37-17-25-22-9-5-3-7-20(22)21-8-4-6-10-23(21)25/h3-10,15-16,25H,11-14,17H2,1-2H3. The van der Waals surface area contributed by atoms with Crippen molar-refractivity contribution < 1.29 is 19.1 Å². The molecule has 3 aromatic rings. The molecular weight excluding hydrogens is 470 g/mol. The first-order valence-electron chi connectivity index (χ1n) is 12.1. The van der Waals surface area contributed by atoms with Gasteiger partial charge in [0, 0.05) is 48.4 Å². The fourth-order valence-corrected chi connectivity index (χ4v) is 5.26. The summed E-state index contributed by atoms with van der Waals surface area (Å²) in [5.74, 6) is -0.480. The first-order valence-corrected chi connectivity index (χ1v) is 12.1. The third-order valence-electron chi connectivity index (χ3n) is 7.15. The molecule has 0 radical (unpaired) electrons. The number of nitrogens with zero attached hydrogens (tertiary/aromatic N) is 5. The van der Waals surface area contributed by atoms with Crippen molar-refractivity contribution in [1.29, 1.82) is 0 Å². The van der Waals surface area contributed by atoms with Gasteiger partial charge in [0.05, 0.1) is 12.7 Å². The zero-order valence-electron chi connectivity index (χ0n) is 20.8. The van der Waals surface area contributed by atoms with E-state index in [-0.39, 0.29) is 18.6 Å². The molecule has 0 aromatic heterocycles. The summed E-state index contributed by atoms with van der Waals surface area (Å²) in [7, 11) is 1.31. The van der Waals surface area contributed by atoms with E-state index in [0.29, 0.717) is 37.4 Å². The molecule has 1 amide bonds. The Bertz CT molecular complexity index is 1360. The predicted molar refractivity (Wildman–Crippen MR) is 140 cm³/mol. The van der Waals surface area contributed by atoms with E-state index in [9.17, 15) is 9.59 Å². The second kappa shape index (κ2) is 10.2. The van der Waals surface area contributed by atoms with E-state index in [2.05, 4.69) is 39.2 Å². The van der Waals surface area contributed by atoms with E-state index >= 15 is 0 Å². The number of hydrogen-bond acceptors (Lipinski definition) is 6. The van der Waals surface area contributed by atoms with Crippen molar-refractivity contribution in [3.05, 3.63) is 93.4 Å². The number of benzene rings is 3. The van der Waals surface area contributed by atoms with Crippen LogP contribution in [0.3, 0.4) is 0 Å². The Morgan fingerprint density at radius 1 is 1.00 bits per heavy atom. The molecule has 0 atom stereocenters. The average molecular weight is 498 g/mol. The van der Waals surface area contributed by atoms with Crippen LogP contribution in [0.15, 0.2) is 65.8 Å². The molecule has 9 heteroatoms. The van der Waals surface area contributed by atoms with Crippen LogP contribution in [-0.4, -0.2) is 56.9 Å². The van der Waals surface area contributed by atoms with Gasteiger partial charge in [0.1, 0.15) is 6.61 Å². The monoisotopic (exact) mass is 497 g/mol. The summed E-state index contributed by atoms with van der Waals surface area (Å²) >= 11 is 0. The largest absolute Gasteiger partial charge is 0.465 e. The summed E-state index contributed by atoms with van der Waals surface area (Å²) < 4.78 is 10.7. The zero-order valence-corrected chi connectivity index (χ0v) is 20.8. The predicted octanol–water partition coefficient (Wildman–Crippen LogP) is 5.79. The highest BCUT2D eigenvalue weighted by molar-refractivity contribution is 5.94. The second-order valence-corrected chi connectivity index (χ2v) is 9.10. The molecule has 1 saturated heterocycles. The molecule has 0 bridgehead atoms. The molecule has 5 rings (SSSR count). The quantitative estimate of drug-likeness (QED) is 0.192. The molecule has 0 saturated carbocycles. The fraction of sp³-hybridized carbons (Fsp3) is 0.286. The Hall–Kier alpha value is -4.49. The first-order chi connectivity index (χ1) is 18.0. The molecule has 2 aliphatic rings. The molecule has 0 N–H and O–H groups in total. The summed E-state index contributed by atoms with van der Waals surface area (Å²) in [4.78, 5) is 31.9. The van der Waals surface area contributed by atoms with Crippen molar-refractivity contribution in [2.75, 3.05) is 44.8 Å². The highest BCUT2D eigenvalue weighted by Gasteiger charge is 2.31. The highest BCUT2D eigenvalue weighted by atomic mass is 16.6. The van der Waals surface area contributed by atoms with E-state index in [0.717, 1.165) is 11.3 Å². The zero-order chi connectivity index (χ0) is 25.9. The molecule has 1 aliphatic heterocycles. The lowest BCUT2D eigenvalue weighted by Gasteiger charge is -2.36. The number of carbonyl (C=O) groups excluding carboxylic acids is 2. The van der Waals surface area contributed by atoms with Crippen molar-refractivity contribution in [1.82, 2.24) is 4.90 Å². The maximum atomic E-state index is 13.0. The topological polar surface area (TPSA) is 108 Å². The van der Waals surface area contributed by atoms with Crippen molar-refractivity contribution in [3.63, 3.8) is 0 Å². The lowest BCUT2D eigenvalue weighted by molar-refractivity contribution is 0.0600. The van der Waals surface area contributed by atoms with Gasteiger partial charge in [-0.1, -0.05) is 53.6 Å². The molecule has 0 spiro atoms. The van der Waals surface area contributed by atoms with Crippen LogP contribution in [0.25, 0.3) is 21.6 Å². The van der Waals surface area contributed by atoms with Crippen molar-refractivity contribution >= 4 is 23.4 Å².